The molecule has 3 N–H and O–H groups in total. The Morgan fingerprint density at radius 1 is 1.09 bits per heavy atom. The number of carbonyl (C=O) groups is 2. The maximum atomic E-state index is 13.5. The molecule has 2 amide bonds. The van der Waals surface area contributed by atoms with Gasteiger partial charge in [-0.25, -0.2) is 9.67 Å². The van der Waals surface area contributed by atoms with Crippen LogP contribution in [0.25, 0.3) is 22.3 Å². The van der Waals surface area contributed by atoms with Crippen LogP contribution in [0.4, 0.5) is 5.69 Å². The number of fused-ring (bicyclic) bond motifs is 1. The summed E-state index contributed by atoms with van der Waals surface area (Å²) in [5.74, 6) is 0.0819. The zero-order chi connectivity index (χ0) is 24.4. The SMILES string of the molecule is COc1ccc(C(N)=O)cc1NC(=O)c1cc(-c2ccccc2)nc2c1cnn2Cc1ccco1. The minimum atomic E-state index is -0.611. The zero-order valence-corrected chi connectivity index (χ0v) is 18.8. The van der Waals surface area contributed by atoms with Crippen molar-refractivity contribution < 1.29 is 18.7 Å². The average molecular weight is 467 g/mol. The molecule has 0 atom stereocenters. The van der Waals surface area contributed by atoms with Gasteiger partial charge in [0.1, 0.15) is 18.1 Å². The van der Waals surface area contributed by atoms with Crippen LogP contribution in [0.5, 0.6) is 5.75 Å². The van der Waals surface area contributed by atoms with E-state index in [2.05, 4.69) is 10.4 Å². The number of benzene rings is 2. The van der Waals surface area contributed by atoms with Crippen LogP contribution in [0.2, 0.25) is 0 Å². The number of pyridine rings is 1. The molecule has 0 bridgehead atoms. The van der Waals surface area contributed by atoms with Gasteiger partial charge >= 0.3 is 0 Å². The summed E-state index contributed by atoms with van der Waals surface area (Å²) in [6.07, 6.45) is 3.20. The molecule has 9 nitrogen and oxygen atoms in total. The number of amides is 2. The first-order valence-electron chi connectivity index (χ1n) is 10.8. The van der Waals surface area contributed by atoms with Crippen molar-refractivity contribution in [1.82, 2.24) is 14.8 Å². The van der Waals surface area contributed by atoms with Crippen LogP contribution in [0.3, 0.4) is 0 Å². The Morgan fingerprint density at radius 3 is 2.63 bits per heavy atom. The Morgan fingerprint density at radius 2 is 1.91 bits per heavy atom. The maximum absolute atomic E-state index is 13.5. The Labute approximate surface area is 200 Å². The number of hydrogen-bond donors (Lipinski definition) is 2. The molecule has 5 rings (SSSR count). The van der Waals surface area contributed by atoms with Gasteiger partial charge in [0.15, 0.2) is 5.65 Å². The molecule has 0 spiro atoms. The van der Waals surface area contributed by atoms with Gasteiger partial charge in [-0.3, -0.25) is 9.59 Å². The predicted octanol–water partition coefficient (Wildman–Crippen LogP) is 4.10. The molecule has 2 aromatic carbocycles. The van der Waals surface area contributed by atoms with Gasteiger partial charge in [0, 0.05) is 11.1 Å². The molecule has 0 saturated heterocycles. The Kier molecular flexibility index (Phi) is 5.72. The van der Waals surface area contributed by atoms with E-state index >= 15 is 0 Å². The number of anilines is 1. The highest BCUT2D eigenvalue weighted by atomic mass is 16.5. The number of nitrogens with two attached hydrogens (primary N) is 1. The van der Waals surface area contributed by atoms with Gasteiger partial charge in [-0.05, 0) is 36.4 Å². The van der Waals surface area contributed by atoms with Crippen LogP contribution in [0.1, 0.15) is 26.5 Å². The first kappa shape index (κ1) is 21.9. The van der Waals surface area contributed by atoms with Crippen LogP contribution in [0.15, 0.2) is 83.6 Å². The number of aromatic nitrogens is 3. The van der Waals surface area contributed by atoms with Crippen LogP contribution in [-0.4, -0.2) is 33.7 Å². The van der Waals surface area contributed by atoms with Gasteiger partial charge in [0.2, 0.25) is 5.91 Å². The highest BCUT2D eigenvalue weighted by Crippen LogP contribution is 2.29. The van der Waals surface area contributed by atoms with Gasteiger partial charge in [-0.15, -0.1) is 0 Å². The quantitative estimate of drug-likeness (QED) is 0.371. The van der Waals surface area contributed by atoms with Crippen molar-refractivity contribution in [2.75, 3.05) is 12.4 Å². The van der Waals surface area contributed by atoms with E-state index in [0.29, 0.717) is 46.0 Å². The summed E-state index contributed by atoms with van der Waals surface area (Å²) in [7, 11) is 1.48. The second-order valence-corrected chi connectivity index (χ2v) is 7.77. The summed E-state index contributed by atoms with van der Waals surface area (Å²) in [5, 5.41) is 7.87. The molecule has 0 aliphatic carbocycles. The summed E-state index contributed by atoms with van der Waals surface area (Å²) >= 11 is 0. The summed E-state index contributed by atoms with van der Waals surface area (Å²) in [4.78, 5) is 30.0. The lowest BCUT2D eigenvalue weighted by molar-refractivity contribution is 0.0996. The fourth-order valence-corrected chi connectivity index (χ4v) is 3.81. The van der Waals surface area contributed by atoms with E-state index in [1.54, 1.807) is 35.3 Å². The standard InChI is InChI=1S/C26H21N5O4/c1-34-23-10-9-17(24(27)32)12-22(23)30-26(33)19-13-21(16-6-3-2-4-7-16)29-25-20(19)14-28-31(25)15-18-8-5-11-35-18/h2-14H,15H2,1H3,(H2,27,32)(H,30,33). The molecule has 3 heterocycles. The number of ether oxygens (including phenoxy) is 1. The van der Waals surface area contributed by atoms with Crippen LogP contribution < -0.4 is 15.8 Å². The zero-order valence-electron chi connectivity index (χ0n) is 18.8. The molecule has 35 heavy (non-hydrogen) atoms. The highest BCUT2D eigenvalue weighted by molar-refractivity contribution is 6.13. The second-order valence-electron chi connectivity index (χ2n) is 7.77. The largest absolute Gasteiger partial charge is 0.495 e. The molecule has 0 aliphatic heterocycles. The molecule has 3 aromatic heterocycles. The number of furan rings is 1. The Hall–Kier alpha value is -4.92. The Bertz CT molecular complexity index is 1520. The molecule has 5 aromatic rings. The van der Waals surface area contributed by atoms with Crippen molar-refractivity contribution in [1.29, 1.82) is 0 Å². The van der Waals surface area contributed by atoms with Crippen molar-refractivity contribution in [2.24, 2.45) is 5.73 Å². The molecule has 9 heteroatoms. The van der Waals surface area contributed by atoms with Crippen LogP contribution in [-0.2, 0) is 6.54 Å². The van der Waals surface area contributed by atoms with Crippen molar-refractivity contribution in [3.63, 3.8) is 0 Å². The minimum absolute atomic E-state index is 0.247. The average Bonchev–Trinajstić information content (AvgIpc) is 3.54. The van der Waals surface area contributed by atoms with Gasteiger partial charge in [-0.1, -0.05) is 30.3 Å². The topological polar surface area (TPSA) is 125 Å². The van der Waals surface area contributed by atoms with Crippen molar-refractivity contribution in [3.8, 4) is 17.0 Å². The monoisotopic (exact) mass is 467 g/mol. The third-order valence-corrected chi connectivity index (χ3v) is 5.54. The molecule has 0 radical (unpaired) electrons. The number of methoxy groups -OCH3 is 1. The van der Waals surface area contributed by atoms with Gasteiger partial charge in [0.25, 0.3) is 5.91 Å². The fraction of sp³-hybridized carbons (Fsp3) is 0.0769. The molecule has 0 fully saturated rings. The maximum Gasteiger partial charge on any atom is 0.256 e. The molecule has 0 aliphatic rings. The fourth-order valence-electron chi connectivity index (χ4n) is 3.81. The number of hydrogen-bond acceptors (Lipinski definition) is 6. The predicted molar refractivity (Wildman–Crippen MR) is 130 cm³/mol. The number of nitrogens with one attached hydrogen (secondary N) is 1. The first-order chi connectivity index (χ1) is 17.0. The minimum Gasteiger partial charge on any atom is -0.495 e. The van der Waals surface area contributed by atoms with Crippen LogP contribution >= 0.6 is 0 Å². The summed E-state index contributed by atoms with van der Waals surface area (Å²) in [5.41, 5.74) is 8.35. The molecular weight excluding hydrogens is 446 g/mol. The van der Waals surface area contributed by atoms with Gasteiger partial charge < -0.3 is 20.2 Å². The van der Waals surface area contributed by atoms with Crippen molar-refractivity contribution >= 4 is 28.5 Å². The number of primary amides is 1. The van der Waals surface area contributed by atoms with E-state index in [9.17, 15) is 9.59 Å². The van der Waals surface area contributed by atoms with Gasteiger partial charge in [-0.2, -0.15) is 5.10 Å². The lowest BCUT2D eigenvalue weighted by Crippen LogP contribution is -2.16. The summed E-state index contributed by atoms with van der Waals surface area (Å²) in [6.45, 7) is 0.358. The lowest BCUT2D eigenvalue weighted by Gasteiger charge is -2.13. The third-order valence-electron chi connectivity index (χ3n) is 5.54. The second kappa shape index (κ2) is 9.14. The van der Waals surface area contributed by atoms with E-state index < -0.39 is 11.8 Å². The number of carbonyl (C=O) groups excluding carboxylic acids is 2. The van der Waals surface area contributed by atoms with E-state index in [-0.39, 0.29) is 5.56 Å². The lowest BCUT2D eigenvalue weighted by atomic mass is 10.1. The number of rotatable bonds is 7. The van der Waals surface area contributed by atoms with E-state index in [0.717, 1.165) is 5.56 Å². The molecule has 0 unspecified atom stereocenters. The third kappa shape index (κ3) is 4.34. The summed E-state index contributed by atoms with van der Waals surface area (Å²) in [6, 6.07) is 19.5. The highest BCUT2D eigenvalue weighted by Gasteiger charge is 2.20. The normalized spacial score (nSPS) is 10.9. The van der Waals surface area contributed by atoms with Crippen molar-refractivity contribution in [3.05, 3.63) is 96.1 Å². The first-order valence-corrected chi connectivity index (χ1v) is 10.8. The van der Waals surface area contributed by atoms with E-state index in [1.807, 2.05) is 36.4 Å². The molecular formula is C26H21N5O4. The van der Waals surface area contributed by atoms with E-state index in [4.69, 9.17) is 19.9 Å². The Balaban J connectivity index is 1.61. The smallest absolute Gasteiger partial charge is 0.256 e. The number of nitrogens with zero attached hydrogens (tertiary/aromatic N) is 3. The van der Waals surface area contributed by atoms with Gasteiger partial charge in [0.05, 0.1) is 41.9 Å². The summed E-state index contributed by atoms with van der Waals surface area (Å²) < 4.78 is 12.5. The molecule has 174 valence electrons. The molecule has 0 saturated carbocycles. The van der Waals surface area contributed by atoms with Crippen LogP contribution in [0, 0.1) is 0 Å². The van der Waals surface area contributed by atoms with Crippen molar-refractivity contribution in [2.45, 2.75) is 6.54 Å². The van der Waals surface area contributed by atoms with E-state index in [1.165, 1.54) is 19.2 Å².